The van der Waals surface area contributed by atoms with Crippen molar-refractivity contribution in [2.45, 2.75) is 19.1 Å². The highest BCUT2D eigenvalue weighted by Crippen LogP contribution is 2.29. The zero-order chi connectivity index (χ0) is 20.8. The second-order valence-corrected chi connectivity index (χ2v) is 6.44. The molecule has 0 radical (unpaired) electrons. The van der Waals surface area contributed by atoms with E-state index in [0.717, 1.165) is 11.1 Å². The summed E-state index contributed by atoms with van der Waals surface area (Å²) in [7, 11) is 4.67. The number of rotatable bonds is 8. The fourth-order valence-electron chi connectivity index (χ4n) is 3.17. The van der Waals surface area contributed by atoms with Crippen LogP contribution in [-0.2, 0) is 22.6 Å². The Hall–Kier alpha value is -3.42. The van der Waals surface area contributed by atoms with Gasteiger partial charge in [-0.25, -0.2) is 4.79 Å². The lowest BCUT2D eigenvalue weighted by Gasteiger charge is -2.21. The SMILES string of the molecule is COc1ccccc1CNC(=O)[C@@H]1COC(=O)N1Cc1ccc(OC)c(OC)c1. The number of ether oxygens (including phenoxy) is 4. The number of methoxy groups -OCH3 is 3. The van der Waals surface area contributed by atoms with E-state index in [-0.39, 0.29) is 25.6 Å². The predicted molar refractivity (Wildman–Crippen MR) is 105 cm³/mol. The zero-order valence-electron chi connectivity index (χ0n) is 16.6. The first-order chi connectivity index (χ1) is 14.1. The number of nitrogens with zero attached hydrogens (tertiary/aromatic N) is 1. The monoisotopic (exact) mass is 400 g/mol. The third-order valence-electron chi connectivity index (χ3n) is 4.72. The van der Waals surface area contributed by atoms with Gasteiger partial charge in [0.2, 0.25) is 5.91 Å². The summed E-state index contributed by atoms with van der Waals surface area (Å²) in [6, 6.07) is 12.1. The van der Waals surface area contributed by atoms with Crippen molar-refractivity contribution in [3.63, 3.8) is 0 Å². The van der Waals surface area contributed by atoms with E-state index >= 15 is 0 Å². The third kappa shape index (κ3) is 4.53. The van der Waals surface area contributed by atoms with Crippen LogP contribution < -0.4 is 19.5 Å². The molecule has 154 valence electrons. The third-order valence-corrected chi connectivity index (χ3v) is 4.72. The standard InChI is InChI=1S/C21H24N2O6/c1-26-17-7-5-4-6-15(17)11-22-20(24)16-13-29-21(25)23(16)12-14-8-9-18(27-2)19(10-14)28-3/h4-10,16H,11-13H2,1-3H3,(H,22,24)/t16-/m0/s1. The number of benzene rings is 2. The summed E-state index contributed by atoms with van der Waals surface area (Å²) in [5.74, 6) is 1.54. The van der Waals surface area contributed by atoms with Gasteiger partial charge in [-0.15, -0.1) is 0 Å². The van der Waals surface area contributed by atoms with Crippen LogP contribution in [0.25, 0.3) is 0 Å². The lowest BCUT2D eigenvalue weighted by Crippen LogP contribution is -2.45. The van der Waals surface area contributed by atoms with Gasteiger partial charge in [-0.05, 0) is 23.8 Å². The molecule has 1 aliphatic rings. The summed E-state index contributed by atoms with van der Waals surface area (Å²) in [4.78, 5) is 26.3. The number of hydrogen-bond acceptors (Lipinski definition) is 6. The maximum absolute atomic E-state index is 12.7. The van der Waals surface area contributed by atoms with Gasteiger partial charge >= 0.3 is 6.09 Å². The van der Waals surface area contributed by atoms with Gasteiger partial charge in [0.05, 0.1) is 27.9 Å². The molecule has 1 heterocycles. The first-order valence-electron chi connectivity index (χ1n) is 9.11. The lowest BCUT2D eigenvalue weighted by molar-refractivity contribution is -0.125. The molecule has 29 heavy (non-hydrogen) atoms. The number of carbonyl (C=O) groups is 2. The molecule has 3 rings (SSSR count). The molecule has 2 aromatic carbocycles. The van der Waals surface area contributed by atoms with E-state index in [2.05, 4.69) is 5.32 Å². The summed E-state index contributed by atoms with van der Waals surface area (Å²) >= 11 is 0. The number of cyclic esters (lactones) is 1. The van der Waals surface area contributed by atoms with Gasteiger partial charge in [-0.1, -0.05) is 24.3 Å². The van der Waals surface area contributed by atoms with Crippen LogP contribution in [0.1, 0.15) is 11.1 Å². The topological polar surface area (TPSA) is 86.3 Å². The van der Waals surface area contributed by atoms with E-state index in [0.29, 0.717) is 17.2 Å². The van der Waals surface area contributed by atoms with Gasteiger partial charge in [-0.3, -0.25) is 9.69 Å². The fraction of sp³-hybridized carbons (Fsp3) is 0.333. The summed E-state index contributed by atoms with van der Waals surface area (Å²) in [6.45, 7) is 0.507. The van der Waals surface area contributed by atoms with Crippen LogP contribution in [0.2, 0.25) is 0 Å². The lowest BCUT2D eigenvalue weighted by atomic mass is 10.1. The van der Waals surface area contributed by atoms with Crippen LogP contribution in [-0.4, -0.2) is 50.9 Å². The molecule has 1 aliphatic heterocycles. The van der Waals surface area contributed by atoms with Crippen molar-refractivity contribution in [1.29, 1.82) is 0 Å². The van der Waals surface area contributed by atoms with Gasteiger partial charge in [0.15, 0.2) is 11.5 Å². The average Bonchev–Trinajstić information content (AvgIpc) is 3.12. The Morgan fingerprint density at radius 2 is 1.79 bits per heavy atom. The second kappa shape index (κ2) is 9.18. The summed E-state index contributed by atoms with van der Waals surface area (Å²) in [6.07, 6.45) is -0.530. The summed E-state index contributed by atoms with van der Waals surface area (Å²) < 4.78 is 20.9. The van der Waals surface area contributed by atoms with Crippen molar-refractivity contribution < 1.29 is 28.5 Å². The largest absolute Gasteiger partial charge is 0.496 e. The van der Waals surface area contributed by atoms with Crippen LogP contribution in [0.15, 0.2) is 42.5 Å². The Balaban J connectivity index is 1.69. The Labute approximate surface area is 169 Å². The minimum absolute atomic E-state index is 0.00385. The summed E-state index contributed by atoms with van der Waals surface area (Å²) in [5, 5.41) is 2.86. The molecule has 8 heteroatoms. The molecule has 1 fully saturated rings. The molecule has 1 N–H and O–H groups in total. The minimum Gasteiger partial charge on any atom is -0.496 e. The molecule has 0 saturated carbocycles. The highest BCUT2D eigenvalue weighted by atomic mass is 16.6. The van der Waals surface area contributed by atoms with E-state index in [1.54, 1.807) is 33.5 Å². The van der Waals surface area contributed by atoms with E-state index in [1.165, 1.54) is 4.90 Å². The molecule has 0 unspecified atom stereocenters. The van der Waals surface area contributed by atoms with Crippen molar-refractivity contribution in [2.24, 2.45) is 0 Å². The normalized spacial score (nSPS) is 15.6. The number of para-hydroxylation sites is 1. The molecular weight excluding hydrogens is 376 g/mol. The Morgan fingerprint density at radius 3 is 2.52 bits per heavy atom. The number of carbonyl (C=O) groups excluding carboxylic acids is 2. The Morgan fingerprint density at radius 1 is 1.07 bits per heavy atom. The van der Waals surface area contributed by atoms with Gasteiger partial charge in [0.1, 0.15) is 18.4 Å². The van der Waals surface area contributed by atoms with Crippen molar-refractivity contribution in [3.05, 3.63) is 53.6 Å². The number of amides is 2. The number of nitrogens with one attached hydrogen (secondary N) is 1. The molecule has 2 amide bonds. The maximum Gasteiger partial charge on any atom is 0.410 e. The quantitative estimate of drug-likeness (QED) is 0.732. The maximum atomic E-state index is 12.7. The zero-order valence-corrected chi connectivity index (χ0v) is 16.6. The first kappa shape index (κ1) is 20.3. The molecule has 2 aromatic rings. The first-order valence-corrected chi connectivity index (χ1v) is 9.11. The van der Waals surface area contributed by atoms with Crippen molar-refractivity contribution in [2.75, 3.05) is 27.9 Å². The fourth-order valence-corrected chi connectivity index (χ4v) is 3.17. The molecule has 1 atom stereocenters. The molecule has 1 saturated heterocycles. The van der Waals surface area contributed by atoms with Crippen molar-refractivity contribution >= 4 is 12.0 Å². The van der Waals surface area contributed by atoms with Crippen molar-refractivity contribution in [1.82, 2.24) is 10.2 Å². The van der Waals surface area contributed by atoms with E-state index in [4.69, 9.17) is 18.9 Å². The Bertz CT molecular complexity index is 885. The van der Waals surface area contributed by atoms with E-state index in [1.807, 2.05) is 30.3 Å². The molecular formula is C21H24N2O6. The van der Waals surface area contributed by atoms with Gasteiger partial charge in [0, 0.05) is 12.1 Å². The minimum atomic E-state index is -0.717. The van der Waals surface area contributed by atoms with Crippen LogP contribution in [0.4, 0.5) is 4.79 Å². The van der Waals surface area contributed by atoms with Gasteiger partial charge in [0.25, 0.3) is 0 Å². The molecule has 0 aliphatic carbocycles. The van der Waals surface area contributed by atoms with Crippen LogP contribution in [0, 0.1) is 0 Å². The van der Waals surface area contributed by atoms with Crippen LogP contribution in [0.3, 0.4) is 0 Å². The van der Waals surface area contributed by atoms with E-state index in [9.17, 15) is 9.59 Å². The Kier molecular flexibility index (Phi) is 6.43. The van der Waals surface area contributed by atoms with E-state index < -0.39 is 12.1 Å². The molecule has 8 nitrogen and oxygen atoms in total. The molecule has 0 aromatic heterocycles. The average molecular weight is 400 g/mol. The van der Waals surface area contributed by atoms with Gasteiger partial charge < -0.3 is 24.3 Å². The molecule has 0 bridgehead atoms. The number of hydrogen-bond donors (Lipinski definition) is 1. The molecule has 0 spiro atoms. The highest BCUT2D eigenvalue weighted by molar-refractivity contribution is 5.88. The highest BCUT2D eigenvalue weighted by Gasteiger charge is 2.38. The van der Waals surface area contributed by atoms with Crippen LogP contribution in [0.5, 0.6) is 17.2 Å². The summed E-state index contributed by atoms with van der Waals surface area (Å²) in [5.41, 5.74) is 1.64. The van der Waals surface area contributed by atoms with Gasteiger partial charge in [-0.2, -0.15) is 0 Å². The second-order valence-electron chi connectivity index (χ2n) is 6.44. The van der Waals surface area contributed by atoms with Crippen LogP contribution >= 0.6 is 0 Å². The van der Waals surface area contributed by atoms with Crippen molar-refractivity contribution in [3.8, 4) is 17.2 Å². The predicted octanol–water partition coefficient (Wildman–Crippen LogP) is 2.35. The smallest absolute Gasteiger partial charge is 0.410 e.